The summed E-state index contributed by atoms with van der Waals surface area (Å²) in [6.45, 7) is 0.0995. The molecule has 0 aromatic heterocycles. The van der Waals surface area contributed by atoms with Crippen molar-refractivity contribution in [3.8, 4) is 11.5 Å². The van der Waals surface area contributed by atoms with Gasteiger partial charge in [-0.25, -0.2) is 4.79 Å². The third kappa shape index (κ3) is 3.15. The van der Waals surface area contributed by atoms with Crippen molar-refractivity contribution >= 4 is 29.2 Å². The number of carboxylic acids is 1. The Balaban J connectivity index is 2.19. The summed E-state index contributed by atoms with van der Waals surface area (Å²) in [5.41, 5.74) is 0.383. The Bertz CT molecular complexity index is 635. The van der Waals surface area contributed by atoms with E-state index in [-0.39, 0.29) is 17.9 Å². The van der Waals surface area contributed by atoms with Crippen LogP contribution in [0, 0.1) is 0 Å². The number of carboxylic acid groups (broad SMARTS) is 1. The van der Waals surface area contributed by atoms with E-state index < -0.39 is 5.97 Å². The Kier molecular flexibility index (Phi) is 4.37. The molecule has 0 unspecified atom stereocenters. The maximum Gasteiger partial charge on any atom is 0.339 e. The largest absolute Gasteiger partial charge is 0.507 e. The van der Waals surface area contributed by atoms with E-state index in [1.165, 1.54) is 18.2 Å². The Morgan fingerprint density at radius 1 is 1.15 bits per heavy atom. The van der Waals surface area contributed by atoms with Crippen molar-refractivity contribution in [1.82, 2.24) is 0 Å². The monoisotopic (exact) mass is 312 g/mol. The first kappa shape index (κ1) is 14.5. The lowest BCUT2D eigenvalue weighted by atomic mass is 10.2. The molecule has 0 heterocycles. The van der Waals surface area contributed by atoms with Crippen LogP contribution in [0.2, 0.25) is 10.0 Å². The average molecular weight is 313 g/mol. The molecule has 0 amide bonds. The number of rotatable bonds is 4. The van der Waals surface area contributed by atoms with Crippen LogP contribution in [0.5, 0.6) is 11.5 Å². The van der Waals surface area contributed by atoms with E-state index in [1.807, 2.05) is 0 Å². The lowest BCUT2D eigenvalue weighted by molar-refractivity contribution is 0.0693. The number of aromatic carboxylic acids is 1. The van der Waals surface area contributed by atoms with E-state index >= 15 is 0 Å². The fourth-order valence-corrected chi connectivity index (χ4v) is 2.11. The Morgan fingerprint density at radius 3 is 2.40 bits per heavy atom. The van der Waals surface area contributed by atoms with Gasteiger partial charge in [-0.1, -0.05) is 29.3 Å². The number of carbonyl (C=O) groups is 1. The van der Waals surface area contributed by atoms with E-state index in [9.17, 15) is 9.90 Å². The van der Waals surface area contributed by atoms with E-state index in [1.54, 1.807) is 18.2 Å². The summed E-state index contributed by atoms with van der Waals surface area (Å²) in [5.74, 6) is -1.25. The van der Waals surface area contributed by atoms with Crippen LogP contribution in [-0.4, -0.2) is 16.2 Å². The summed E-state index contributed by atoms with van der Waals surface area (Å²) >= 11 is 12.0. The van der Waals surface area contributed by atoms with Crippen LogP contribution >= 0.6 is 23.2 Å². The van der Waals surface area contributed by atoms with Gasteiger partial charge in [0.05, 0.1) is 0 Å². The van der Waals surface area contributed by atoms with Gasteiger partial charge in [0, 0.05) is 15.6 Å². The van der Waals surface area contributed by atoms with Crippen molar-refractivity contribution in [1.29, 1.82) is 0 Å². The molecule has 2 aromatic carbocycles. The van der Waals surface area contributed by atoms with Crippen molar-refractivity contribution in [2.75, 3.05) is 0 Å². The molecule has 6 heteroatoms. The van der Waals surface area contributed by atoms with E-state index in [2.05, 4.69) is 0 Å². The Labute approximate surface area is 125 Å². The molecule has 0 atom stereocenters. The first-order valence-corrected chi connectivity index (χ1v) is 6.36. The molecule has 20 heavy (non-hydrogen) atoms. The van der Waals surface area contributed by atoms with Crippen LogP contribution in [0.1, 0.15) is 15.9 Å². The highest BCUT2D eigenvalue weighted by atomic mass is 35.5. The van der Waals surface area contributed by atoms with Gasteiger partial charge in [0.2, 0.25) is 0 Å². The van der Waals surface area contributed by atoms with Crippen LogP contribution < -0.4 is 4.74 Å². The molecular formula is C14H10Cl2O4. The normalized spacial score (nSPS) is 10.3. The summed E-state index contributed by atoms with van der Waals surface area (Å²) in [7, 11) is 0. The molecule has 0 radical (unpaired) electrons. The van der Waals surface area contributed by atoms with Gasteiger partial charge in [0.15, 0.2) is 0 Å². The van der Waals surface area contributed by atoms with Crippen molar-refractivity contribution in [2.45, 2.75) is 6.61 Å². The Morgan fingerprint density at radius 2 is 1.80 bits per heavy atom. The van der Waals surface area contributed by atoms with Crippen molar-refractivity contribution in [3.05, 3.63) is 57.6 Å². The number of hydrogen-bond donors (Lipinski definition) is 2. The highest BCUT2D eigenvalue weighted by Gasteiger charge is 2.12. The number of aromatic hydroxyl groups is 1. The van der Waals surface area contributed by atoms with Gasteiger partial charge in [0.25, 0.3) is 0 Å². The van der Waals surface area contributed by atoms with Gasteiger partial charge in [-0.05, 0) is 30.3 Å². The van der Waals surface area contributed by atoms with E-state index in [0.29, 0.717) is 21.4 Å². The zero-order valence-corrected chi connectivity index (χ0v) is 11.6. The van der Waals surface area contributed by atoms with Crippen molar-refractivity contribution < 1.29 is 19.7 Å². The average Bonchev–Trinajstić information content (AvgIpc) is 2.39. The molecular weight excluding hydrogens is 303 g/mol. The van der Waals surface area contributed by atoms with Gasteiger partial charge in [0.1, 0.15) is 23.7 Å². The van der Waals surface area contributed by atoms with Gasteiger partial charge in [-0.3, -0.25) is 0 Å². The van der Waals surface area contributed by atoms with Gasteiger partial charge in [-0.2, -0.15) is 0 Å². The minimum atomic E-state index is -1.23. The van der Waals surface area contributed by atoms with Gasteiger partial charge >= 0.3 is 5.97 Å². The third-order valence-corrected chi connectivity index (χ3v) is 3.35. The molecule has 0 aliphatic heterocycles. The second-order valence-electron chi connectivity index (χ2n) is 3.97. The predicted molar refractivity (Wildman–Crippen MR) is 75.9 cm³/mol. The molecule has 2 N–H and O–H groups in total. The molecule has 0 bridgehead atoms. The van der Waals surface area contributed by atoms with Crippen molar-refractivity contribution in [3.63, 3.8) is 0 Å². The molecule has 0 fully saturated rings. The zero-order valence-electron chi connectivity index (χ0n) is 10.1. The molecule has 0 saturated heterocycles. The highest BCUT2D eigenvalue weighted by molar-refractivity contribution is 6.35. The molecule has 4 nitrogen and oxygen atoms in total. The van der Waals surface area contributed by atoms with Crippen LogP contribution in [0.4, 0.5) is 0 Å². The molecule has 0 aliphatic carbocycles. The molecule has 2 rings (SSSR count). The van der Waals surface area contributed by atoms with E-state index in [4.69, 9.17) is 33.0 Å². The summed E-state index contributed by atoms with van der Waals surface area (Å²) in [4.78, 5) is 10.9. The Hall–Kier alpha value is -1.91. The lowest BCUT2D eigenvalue weighted by Gasteiger charge is -2.10. The summed E-state index contributed by atoms with van der Waals surface area (Å²) in [5, 5.41) is 19.2. The fraction of sp³-hybridized carbons (Fsp3) is 0.0714. The maximum atomic E-state index is 10.9. The summed E-state index contributed by atoms with van der Waals surface area (Å²) in [6, 6.07) is 9.05. The summed E-state index contributed by atoms with van der Waals surface area (Å²) in [6.07, 6.45) is 0. The smallest absolute Gasteiger partial charge is 0.339 e. The van der Waals surface area contributed by atoms with Gasteiger partial charge < -0.3 is 14.9 Å². The quantitative estimate of drug-likeness (QED) is 0.896. The highest BCUT2D eigenvalue weighted by Crippen LogP contribution is 2.27. The number of halogens is 2. The molecule has 0 saturated carbocycles. The predicted octanol–water partition coefficient (Wildman–Crippen LogP) is 3.98. The van der Waals surface area contributed by atoms with Crippen LogP contribution in [0.15, 0.2) is 36.4 Å². The zero-order chi connectivity index (χ0) is 14.7. The first-order valence-electron chi connectivity index (χ1n) is 5.61. The van der Waals surface area contributed by atoms with Gasteiger partial charge in [-0.15, -0.1) is 0 Å². The maximum absolute atomic E-state index is 10.9. The first-order chi connectivity index (χ1) is 9.49. The third-order valence-electron chi connectivity index (χ3n) is 2.64. The number of benzene rings is 2. The van der Waals surface area contributed by atoms with E-state index in [0.717, 1.165) is 0 Å². The topological polar surface area (TPSA) is 66.8 Å². The van der Waals surface area contributed by atoms with Crippen molar-refractivity contribution in [2.24, 2.45) is 0 Å². The molecule has 2 aromatic rings. The standard InChI is InChI=1S/C14H10Cl2O4/c15-11-2-1-3-12(16)10(11)7-20-8-4-5-13(17)9(6-8)14(18)19/h1-6,17H,7H2,(H,18,19). The molecule has 0 aliphatic rings. The number of hydrogen-bond acceptors (Lipinski definition) is 3. The second kappa shape index (κ2) is 6.03. The number of phenols is 1. The lowest BCUT2D eigenvalue weighted by Crippen LogP contribution is -2.00. The minimum Gasteiger partial charge on any atom is -0.507 e. The summed E-state index contributed by atoms with van der Waals surface area (Å²) < 4.78 is 5.46. The molecule has 104 valence electrons. The number of ether oxygens (including phenoxy) is 1. The SMILES string of the molecule is O=C(O)c1cc(OCc2c(Cl)cccc2Cl)ccc1O. The van der Waals surface area contributed by atoms with Crippen LogP contribution in [0.25, 0.3) is 0 Å². The second-order valence-corrected chi connectivity index (χ2v) is 4.79. The molecule has 0 spiro atoms. The minimum absolute atomic E-state index is 0.0995. The fourth-order valence-electron chi connectivity index (χ4n) is 1.60. The van der Waals surface area contributed by atoms with Crippen LogP contribution in [-0.2, 0) is 6.61 Å². The van der Waals surface area contributed by atoms with Crippen LogP contribution in [0.3, 0.4) is 0 Å².